The Morgan fingerprint density at radius 2 is 1.70 bits per heavy atom. The van der Waals surface area contributed by atoms with Crippen molar-refractivity contribution in [1.82, 2.24) is 0 Å². The Labute approximate surface area is 119 Å². The molecule has 0 unspecified atom stereocenters. The molecule has 0 saturated carbocycles. The smallest absolute Gasteiger partial charge is 0.311 e. The minimum Gasteiger partial charge on any atom is -0.493 e. The van der Waals surface area contributed by atoms with Crippen molar-refractivity contribution in [2.45, 2.75) is 6.42 Å². The summed E-state index contributed by atoms with van der Waals surface area (Å²) in [5, 5.41) is 0. The van der Waals surface area contributed by atoms with E-state index in [-0.39, 0.29) is 0 Å². The Morgan fingerprint density at radius 1 is 0.950 bits per heavy atom. The molecular weight excluding hydrogens is 250 g/mol. The van der Waals surface area contributed by atoms with Crippen molar-refractivity contribution in [1.29, 1.82) is 0 Å². The van der Waals surface area contributed by atoms with Crippen LogP contribution in [0.5, 0.6) is 11.5 Å². The molecule has 0 amide bonds. The van der Waals surface area contributed by atoms with Gasteiger partial charge in [0.15, 0.2) is 11.5 Å². The molecule has 0 aliphatic heterocycles. The maximum Gasteiger partial charge on any atom is 0.311 e. The zero-order chi connectivity index (χ0) is 14.2. The predicted molar refractivity (Wildman–Crippen MR) is 80.9 cm³/mol. The molecule has 0 aromatic heterocycles. The zero-order valence-corrected chi connectivity index (χ0v) is 11.8. The van der Waals surface area contributed by atoms with Gasteiger partial charge in [-0.25, -0.2) is 0 Å². The van der Waals surface area contributed by atoms with Gasteiger partial charge < -0.3 is 9.47 Å². The van der Waals surface area contributed by atoms with Gasteiger partial charge in [0.25, 0.3) is 6.54 Å². The van der Waals surface area contributed by atoms with Gasteiger partial charge >= 0.3 is 6.07 Å². The highest BCUT2D eigenvalue weighted by atomic mass is 16.5. The molecule has 3 nitrogen and oxygen atoms in total. The van der Waals surface area contributed by atoms with E-state index in [9.17, 15) is 0 Å². The quantitative estimate of drug-likeness (QED) is 0.845. The number of ether oxygens (including phenoxy) is 2. The Bertz CT molecular complexity index is 612. The van der Waals surface area contributed by atoms with Crippen molar-refractivity contribution in [3.8, 4) is 17.6 Å². The molecule has 0 saturated heterocycles. The van der Waals surface area contributed by atoms with Crippen LogP contribution in [-0.2, 0) is 6.42 Å². The molecule has 2 aromatic rings. The van der Waals surface area contributed by atoms with E-state index in [4.69, 9.17) is 9.47 Å². The molecule has 3 heteroatoms. The molecule has 0 radical (unpaired) electrons. The summed E-state index contributed by atoms with van der Waals surface area (Å²) < 4.78 is 10.5. The van der Waals surface area contributed by atoms with Crippen LogP contribution in [0.25, 0.3) is 4.85 Å². The third-order valence-corrected chi connectivity index (χ3v) is 2.94. The Balaban J connectivity index is 1.96. The first kappa shape index (κ1) is 14.0. The van der Waals surface area contributed by atoms with E-state index in [0.29, 0.717) is 6.54 Å². The molecule has 0 atom stereocenters. The molecule has 0 aliphatic rings. The fraction of sp³-hybridized carbons (Fsp3) is 0.235. The average Bonchev–Trinajstić information content (AvgIpc) is 2.52. The lowest BCUT2D eigenvalue weighted by Crippen LogP contribution is -1.93. The Morgan fingerprint density at radius 3 is 2.40 bits per heavy atom. The van der Waals surface area contributed by atoms with Gasteiger partial charge in [0.2, 0.25) is 0 Å². The van der Waals surface area contributed by atoms with Crippen LogP contribution in [-0.4, -0.2) is 20.8 Å². The number of nitrogens with zero attached hydrogens (tertiary/aromatic N) is 1. The summed E-state index contributed by atoms with van der Waals surface area (Å²) in [5.74, 6) is 1.50. The second-order valence-corrected chi connectivity index (χ2v) is 4.30. The van der Waals surface area contributed by atoms with Gasteiger partial charge in [0.05, 0.1) is 14.2 Å². The molecule has 0 N–H and O–H groups in total. The lowest BCUT2D eigenvalue weighted by Gasteiger charge is -2.07. The van der Waals surface area contributed by atoms with E-state index >= 15 is 0 Å². The van der Waals surface area contributed by atoms with E-state index in [0.717, 1.165) is 23.5 Å². The van der Waals surface area contributed by atoms with Crippen molar-refractivity contribution in [2.24, 2.45) is 0 Å². The normalized spacial score (nSPS) is 9.50. The fourth-order valence-corrected chi connectivity index (χ4v) is 1.88. The van der Waals surface area contributed by atoms with Gasteiger partial charge in [-0.1, -0.05) is 29.1 Å². The van der Waals surface area contributed by atoms with Crippen molar-refractivity contribution in [2.75, 3.05) is 20.8 Å². The summed E-state index contributed by atoms with van der Waals surface area (Å²) in [6.45, 7) is 0.699. The SMILES string of the molecule is COc1ccc(CC[N+]#Cc2ccccc2)cc1OC. The number of methoxy groups -OCH3 is 2. The Kier molecular flexibility index (Phi) is 5.02. The third kappa shape index (κ3) is 3.76. The topological polar surface area (TPSA) is 22.8 Å². The second-order valence-electron chi connectivity index (χ2n) is 4.30. The maximum absolute atomic E-state index is 5.28. The summed E-state index contributed by atoms with van der Waals surface area (Å²) in [6.07, 6.45) is 0.847. The van der Waals surface area contributed by atoms with Gasteiger partial charge in [-0.05, 0) is 29.8 Å². The second kappa shape index (κ2) is 7.20. The molecule has 0 spiro atoms. The lowest BCUT2D eigenvalue weighted by molar-refractivity contribution is 0.354. The first-order valence-electron chi connectivity index (χ1n) is 6.52. The monoisotopic (exact) mass is 268 g/mol. The van der Waals surface area contributed by atoms with Crippen molar-refractivity contribution in [3.05, 3.63) is 64.5 Å². The van der Waals surface area contributed by atoms with Gasteiger partial charge in [-0.15, -0.1) is 0 Å². The molecule has 0 bridgehead atoms. The first-order chi connectivity index (χ1) is 9.83. The number of hydrogen-bond acceptors (Lipinski definition) is 2. The molecule has 102 valence electrons. The lowest BCUT2D eigenvalue weighted by atomic mass is 10.1. The summed E-state index contributed by atoms with van der Waals surface area (Å²) in [6, 6.07) is 18.9. The molecule has 2 aromatic carbocycles. The van der Waals surface area contributed by atoms with Gasteiger partial charge in [-0.2, -0.15) is 0 Å². The summed E-state index contributed by atoms with van der Waals surface area (Å²) >= 11 is 0. The first-order valence-corrected chi connectivity index (χ1v) is 6.52. The van der Waals surface area contributed by atoms with Gasteiger partial charge in [0.1, 0.15) is 5.56 Å². The highest BCUT2D eigenvalue weighted by molar-refractivity contribution is 5.43. The summed E-state index contributed by atoms with van der Waals surface area (Å²) in [5.41, 5.74) is 2.17. The summed E-state index contributed by atoms with van der Waals surface area (Å²) in [4.78, 5) is 4.31. The van der Waals surface area contributed by atoms with Crippen LogP contribution >= 0.6 is 0 Å². The predicted octanol–water partition coefficient (Wildman–Crippen LogP) is 3.63. The molecule has 20 heavy (non-hydrogen) atoms. The average molecular weight is 268 g/mol. The molecule has 0 aliphatic carbocycles. The highest BCUT2D eigenvalue weighted by Crippen LogP contribution is 2.27. The maximum atomic E-state index is 5.28. The van der Waals surface area contributed by atoms with Crippen molar-refractivity contribution >= 4 is 0 Å². The van der Waals surface area contributed by atoms with Crippen molar-refractivity contribution < 1.29 is 9.47 Å². The third-order valence-electron chi connectivity index (χ3n) is 2.94. The fourth-order valence-electron chi connectivity index (χ4n) is 1.88. The molecule has 2 rings (SSSR count). The highest BCUT2D eigenvalue weighted by Gasteiger charge is 2.05. The molecule has 0 heterocycles. The van der Waals surface area contributed by atoms with Crippen LogP contribution in [0.1, 0.15) is 11.1 Å². The summed E-state index contributed by atoms with van der Waals surface area (Å²) in [7, 11) is 3.28. The van der Waals surface area contributed by atoms with Crippen LogP contribution in [0.3, 0.4) is 0 Å². The number of hydrogen-bond donors (Lipinski definition) is 0. The Hall–Kier alpha value is -2.47. The van der Waals surface area contributed by atoms with Crippen molar-refractivity contribution in [3.63, 3.8) is 0 Å². The van der Waals surface area contributed by atoms with E-state index in [2.05, 4.69) is 10.9 Å². The van der Waals surface area contributed by atoms with E-state index in [1.54, 1.807) is 14.2 Å². The molecule has 0 fully saturated rings. The zero-order valence-electron chi connectivity index (χ0n) is 11.8. The van der Waals surface area contributed by atoms with E-state index < -0.39 is 0 Å². The largest absolute Gasteiger partial charge is 0.493 e. The molecular formula is C17H18NO2+. The van der Waals surface area contributed by atoms with Crippen LogP contribution in [0.2, 0.25) is 0 Å². The van der Waals surface area contributed by atoms with Gasteiger partial charge in [0, 0.05) is 6.42 Å². The van der Waals surface area contributed by atoms with Crippen LogP contribution in [0.15, 0.2) is 48.5 Å². The number of benzene rings is 2. The van der Waals surface area contributed by atoms with E-state index in [1.165, 1.54) is 5.56 Å². The van der Waals surface area contributed by atoms with Crippen LogP contribution in [0.4, 0.5) is 0 Å². The standard InChI is InChI=1S/C17H18NO2/c1-19-16-9-8-14(12-17(16)20-2)10-11-18-13-15-6-4-3-5-7-15/h3-9,12H,10-11H2,1-2H3/q+1. The van der Waals surface area contributed by atoms with Gasteiger partial charge in [-0.3, -0.25) is 0 Å². The number of rotatable bonds is 4. The van der Waals surface area contributed by atoms with E-state index in [1.807, 2.05) is 48.5 Å². The van der Waals surface area contributed by atoms with Crippen LogP contribution < -0.4 is 9.47 Å². The minimum absolute atomic E-state index is 0.699. The minimum atomic E-state index is 0.699. The van der Waals surface area contributed by atoms with Crippen LogP contribution in [0, 0.1) is 6.07 Å².